The summed E-state index contributed by atoms with van der Waals surface area (Å²) in [7, 11) is 0. The van der Waals surface area contributed by atoms with Gasteiger partial charge >= 0.3 is 6.03 Å². The van der Waals surface area contributed by atoms with Crippen LogP contribution in [0.15, 0.2) is 0 Å². The molecule has 5 amide bonds. The molecule has 2 saturated carbocycles. The predicted molar refractivity (Wildman–Crippen MR) is 130 cm³/mol. The van der Waals surface area contributed by atoms with Gasteiger partial charge in [-0.25, -0.2) is 13.6 Å². The third-order valence-electron chi connectivity index (χ3n) is 7.43. The van der Waals surface area contributed by atoms with E-state index in [2.05, 4.69) is 16.0 Å². The Hall–Kier alpha value is -2.79. The van der Waals surface area contributed by atoms with Crippen LogP contribution < -0.4 is 21.7 Å². The van der Waals surface area contributed by atoms with Gasteiger partial charge in [0.05, 0.1) is 17.9 Å². The second kappa shape index (κ2) is 9.83. The van der Waals surface area contributed by atoms with Gasteiger partial charge < -0.3 is 26.6 Å². The standard InChI is InChI=1S/C25H39F2N5O5/c1-23(2,3)18(30-22(37)31-24(4,5)6)21(36)32-11-13-15(25(13,26)27)16(32)20(35)29-14(17(33)19(28)34)10-12-8-7-9-12/h12-16,18H,7-11H2,1-6H3,(H2,28,34)(H,29,35)(H2,30,31,37)/t13-,14-,15-,16?,18?/m0/s1. The molecule has 12 heteroatoms. The van der Waals surface area contributed by atoms with Crippen molar-refractivity contribution in [3.8, 4) is 0 Å². The molecular weight excluding hydrogens is 488 g/mol. The van der Waals surface area contributed by atoms with Crippen molar-refractivity contribution < 1.29 is 32.8 Å². The van der Waals surface area contributed by atoms with Crippen LogP contribution in [-0.2, 0) is 19.2 Å². The van der Waals surface area contributed by atoms with Gasteiger partial charge in [0.2, 0.25) is 17.6 Å². The number of hydrogen-bond donors (Lipinski definition) is 4. The van der Waals surface area contributed by atoms with Gasteiger partial charge in [-0.1, -0.05) is 40.0 Å². The fourth-order valence-corrected chi connectivity index (χ4v) is 5.18. The van der Waals surface area contributed by atoms with Crippen molar-refractivity contribution in [3.63, 3.8) is 0 Å². The molecule has 2 aliphatic carbocycles. The Morgan fingerprint density at radius 1 is 1.03 bits per heavy atom. The lowest BCUT2D eigenvalue weighted by molar-refractivity contribution is -0.146. The number of piperidine rings is 1. The van der Waals surface area contributed by atoms with E-state index in [0.717, 1.165) is 24.2 Å². The molecule has 5 N–H and O–H groups in total. The molecule has 37 heavy (non-hydrogen) atoms. The third kappa shape index (κ3) is 6.20. The summed E-state index contributed by atoms with van der Waals surface area (Å²) in [4.78, 5) is 64.6. The molecule has 3 rings (SSSR count). The number of primary amides is 1. The van der Waals surface area contributed by atoms with Crippen LogP contribution in [0.1, 0.15) is 67.2 Å². The highest BCUT2D eigenvalue weighted by Crippen LogP contribution is 2.62. The van der Waals surface area contributed by atoms with Crippen LogP contribution in [0.2, 0.25) is 0 Å². The Labute approximate surface area is 215 Å². The minimum atomic E-state index is -3.13. The number of ketones is 1. The van der Waals surface area contributed by atoms with Gasteiger partial charge in [0, 0.05) is 12.1 Å². The number of Topliss-reactive ketones (excluding diaryl/α,β-unsaturated/α-hetero) is 1. The maximum Gasteiger partial charge on any atom is 0.315 e. The molecule has 0 aromatic carbocycles. The summed E-state index contributed by atoms with van der Waals surface area (Å²) in [6.45, 7) is 10.1. The van der Waals surface area contributed by atoms with Crippen LogP contribution in [-0.4, -0.2) is 70.6 Å². The lowest BCUT2D eigenvalue weighted by Crippen LogP contribution is -2.62. The second-order valence-corrected chi connectivity index (χ2v) is 12.7. The van der Waals surface area contributed by atoms with Crippen molar-refractivity contribution in [1.29, 1.82) is 0 Å². The van der Waals surface area contributed by atoms with E-state index in [9.17, 15) is 32.8 Å². The van der Waals surface area contributed by atoms with Gasteiger partial charge in [0.15, 0.2) is 0 Å². The molecule has 3 fully saturated rings. The molecule has 10 nitrogen and oxygen atoms in total. The molecule has 1 saturated heterocycles. The monoisotopic (exact) mass is 527 g/mol. The zero-order valence-corrected chi connectivity index (χ0v) is 22.3. The van der Waals surface area contributed by atoms with Gasteiger partial charge in [-0.15, -0.1) is 0 Å². The molecule has 3 aliphatic rings. The zero-order valence-electron chi connectivity index (χ0n) is 22.3. The van der Waals surface area contributed by atoms with Crippen molar-refractivity contribution in [2.75, 3.05) is 6.54 Å². The minimum Gasteiger partial charge on any atom is -0.363 e. The van der Waals surface area contributed by atoms with Crippen LogP contribution in [0.3, 0.4) is 0 Å². The normalized spacial score (nSPS) is 26.3. The summed E-state index contributed by atoms with van der Waals surface area (Å²) >= 11 is 0. The average molecular weight is 528 g/mol. The number of carbonyl (C=O) groups is 5. The van der Waals surface area contributed by atoms with Crippen LogP contribution in [0.4, 0.5) is 13.6 Å². The van der Waals surface area contributed by atoms with Gasteiger partial charge in [0.1, 0.15) is 12.1 Å². The van der Waals surface area contributed by atoms with Gasteiger partial charge in [-0.2, -0.15) is 0 Å². The van der Waals surface area contributed by atoms with E-state index in [-0.39, 0.29) is 18.9 Å². The van der Waals surface area contributed by atoms with Crippen LogP contribution in [0, 0.1) is 23.2 Å². The van der Waals surface area contributed by atoms with Crippen molar-refractivity contribution in [2.45, 2.75) is 96.8 Å². The van der Waals surface area contributed by atoms with Crippen molar-refractivity contribution in [1.82, 2.24) is 20.9 Å². The average Bonchev–Trinajstić information content (AvgIpc) is 3.06. The summed E-state index contributed by atoms with van der Waals surface area (Å²) in [6, 6.07) is -4.51. The second-order valence-electron chi connectivity index (χ2n) is 12.7. The molecule has 0 aromatic rings. The van der Waals surface area contributed by atoms with E-state index in [1.807, 2.05) is 0 Å². The topological polar surface area (TPSA) is 151 Å². The molecule has 208 valence electrons. The molecular formula is C25H39F2N5O5. The summed E-state index contributed by atoms with van der Waals surface area (Å²) in [5, 5.41) is 7.80. The molecule has 2 unspecified atom stereocenters. The number of hydrogen-bond acceptors (Lipinski definition) is 5. The van der Waals surface area contributed by atoms with Gasteiger partial charge in [-0.05, 0) is 38.5 Å². The number of likely N-dealkylation sites (tertiary alicyclic amines) is 1. The van der Waals surface area contributed by atoms with Crippen molar-refractivity contribution in [3.05, 3.63) is 0 Å². The number of fused-ring (bicyclic) bond motifs is 1. The van der Waals surface area contributed by atoms with E-state index >= 15 is 0 Å². The Kier molecular flexibility index (Phi) is 7.64. The number of alkyl halides is 2. The number of nitrogens with two attached hydrogens (primary N) is 1. The summed E-state index contributed by atoms with van der Waals surface area (Å²) in [6.07, 6.45) is 2.79. The number of rotatable bonds is 8. The summed E-state index contributed by atoms with van der Waals surface area (Å²) < 4.78 is 29.0. The molecule has 0 radical (unpaired) electrons. The zero-order chi connectivity index (χ0) is 28.1. The third-order valence-corrected chi connectivity index (χ3v) is 7.43. The number of urea groups is 1. The van der Waals surface area contributed by atoms with E-state index in [0.29, 0.717) is 0 Å². The summed E-state index contributed by atoms with van der Waals surface area (Å²) in [5.41, 5.74) is 3.77. The Morgan fingerprint density at radius 3 is 2.08 bits per heavy atom. The van der Waals surface area contributed by atoms with Crippen LogP contribution in [0.25, 0.3) is 0 Å². The van der Waals surface area contributed by atoms with E-state index < -0.39 is 76.4 Å². The van der Waals surface area contributed by atoms with Crippen molar-refractivity contribution >= 4 is 29.5 Å². The lowest BCUT2D eigenvalue weighted by Gasteiger charge is -2.37. The van der Waals surface area contributed by atoms with Crippen LogP contribution >= 0.6 is 0 Å². The minimum absolute atomic E-state index is 0.112. The van der Waals surface area contributed by atoms with E-state index in [4.69, 9.17) is 5.73 Å². The first kappa shape index (κ1) is 28.8. The Balaban J connectivity index is 1.83. The largest absolute Gasteiger partial charge is 0.363 e. The highest BCUT2D eigenvalue weighted by molar-refractivity contribution is 6.37. The molecule has 5 atom stereocenters. The fourth-order valence-electron chi connectivity index (χ4n) is 5.18. The Bertz CT molecular complexity index is 969. The van der Waals surface area contributed by atoms with Crippen LogP contribution in [0.5, 0.6) is 0 Å². The molecule has 0 spiro atoms. The maximum atomic E-state index is 14.5. The maximum absolute atomic E-state index is 14.5. The highest BCUT2D eigenvalue weighted by Gasteiger charge is 2.78. The number of carbonyl (C=O) groups excluding carboxylic acids is 5. The van der Waals surface area contributed by atoms with Gasteiger partial charge in [0.25, 0.3) is 11.8 Å². The Morgan fingerprint density at radius 2 is 1.62 bits per heavy atom. The van der Waals surface area contributed by atoms with E-state index in [1.54, 1.807) is 41.5 Å². The molecule has 0 aromatic heterocycles. The SMILES string of the molecule is CC(C)(C)NC(=O)NC(C(=O)N1C[C@H]2[C@@H](C1C(=O)N[C@@H](CC1CCC1)C(=O)C(N)=O)C2(F)F)C(C)(C)C. The van der Waals surface area contributed by atoms with Gasteiger partial charge in [-0.3, -0.25) is 19.2 Å². The fraction of sp³-hybridized carbons (Fsp3) is 0.800. The number of amides is 5. The first-order valence-electron chi connectivity index (χ1n) is 12.8. The first-order valence-corrected chi connectivity index (χ1v) is 12.8. The molecule has 1 aliphatic heterocycles. The summed E-state index contributed by atoms with van der Waals surface area (Å²) in [5.74, 6) is -9.45. The number of halogens is 2. The quantitative estimate of drug-likeness (QED) is 0.351. The first-order chi connectivity index (χ1) is 16.8. The van der Waals surface area contributed by atoms with E-state index in [1.165, 1.54) is 0 Å². The highest BCUT2D eigenvalue weighted by atomic mass is 19.3. The number of nitrogens with one attached hydrogen (secondary N) is 3. The predicted octanol–water partition coefficient (Wildman–Crippen LogP) is 1.32. The number of nitrogens with zero attached hydrogens (tertiary/aromatic N) is 1. The molecule has 1 heterocycles. The smallest absolute Gasteiger partial charge is 0.315 e. The van der Waals surface area contributed by atoms with Crippen molar-refractivity contribution in [2.24, 2.45) is 28.9 Å². The molecule has 0 bridgehead atoms. The lowest BCUT2D eigenvalue weighted by atomic mass is 9.80.